The van der Waals surface area contributed by atoms with Gasteiger partial charge in [-0.05, 0) is 18.1 Å². The van der Waals surface area contributed by atoms with Crippen LogP contribution in [0.1, 0.15) is 18.9 Å². The second kappa shape index (κ2) is 6.01. The largest absolute Gasteiger partial charge is 0.288 e. The number of halogens is 2. The van der Waals surface area contributed by atoms with Crippen LogP contribution in [0.4, 0.5) is 5.69 Å². The first-order valence-electron chi connectivity index (χ1n) is 4.77. The Morgan fingerprint density at radius 3 is 2.81 bits per heavy atom. The Morgan fingerprint density at radius 2 is 2.31 bits per heavy atom. The molecule has 0 saturated carbocycles. The van der Waals surface area contributed by atoms with Crippen LogP contribution in [0.2, 0.25) is 5.02 Å². The molecule has 0 amide bonds. The van der Waals surface area contributed by atoms with E-state index in [9.17, 15) is 10.1 Å². The normalized spacial score (nSPS) is 11.6. The zero-order chi connectivity index (χ0) is 12.1. The summed E-state index contributed by atoms with van der Waals surface area (Å²) < 4.78 is 0. The Balaban J connectivity index is 3.12. The summed E-state index contributed by atoms with van der Waals surface area (Å²) >= 11 is 9.09. The first-order chi connectivity index (χ1) is 7.58. The Kier molecular flexibility index (Phi) is 4.96. The molecule has 86 valence electrons. The monoisotopic (exact) mass is 303 g/mol. The second-order valence-electron chi connectivity index (χ2n) is 3.26. The number of nitro groups is 1. The number of allylic oxidation sites excluding steroid dienone is 1. The maximum absolute atomic E-state index is 10.7. The fourth-order valence-electron chi connectivity index (χ4n) is 1.23. The number of hydrogen-bond acceptors (Lipinski definition) is 2. The highest BCUT2D eigenvalue weighted by molar-refractivity contribution is 9.09. The zero-order valence-electron chi connectivity index (χ0n) is 8.74. The molecule has 0 atom stereocenters. The Morgan fingerprint density at radius 1 is 1.62 bits per heavy atom. The quantitative estimate of drug-likeness (QED) is 0.469. The summed E-state index contributed by atoms with van der Waals surface area (Å²) in [7, 11) is 0. The van der Waals surface area contributed by atoms with E-state index in [0.717, 1.165) is 17.3 Å². The molecule has 0 aromatic heterocycles. The van der Waals surface area contributed by atoms with E-state index in [0.29, 0.717) is 0 Å². The SMILES string of the molecule is CCC(=Cc1ccc(Cl)c([N+](=O)[O-])c1)CBr. The minimum atomic E-state index is -0.473. The van der Waals surface area contributed by atoms with Gasteiger partial charge >= 0.3 is 0 Å². The average molecular weight is 305 g/mol. The highest BCUT2D eigenvalue weighted by atomic mass is 79.9. The van der Waals surface area contributed by atoms with Crippen LogP contribution in [0, 0.1) is 10.1 Å². The lowest BCUT2D eigenvalue weighted by Crippen LogP contribution is -1.90. The molecule has 16 heavy (non-hydrogen) atoms. The molecule has 1 aromatic carbocycles. The topological polar surface area (TPSA) is 43.1 Å². The fourth-order valence-corrected chi connectivity index (χ4v) is 1.98. The van der Waals surface area contributed by atoms with Crippen molar-refractivity contribution in [3.8, 4) is 0 Å². The minimum Gasteiger partial charge on any atom is -0.258 e. The molecule has 0 saturated heterocycles. The Hall–Kier alpha value is -0.870. The van der Waals surface area contributed by atoms with Gasteiger partial charge in [-0.2, -0.15) is 0 Å². The maximum atomic E-state index is 10.7. The van der Waals surface area contributed by atoms with Gasteiger partial charge in [0.2, 0.25) is 0 Å². The number of hydrogen-bond donors (Lipinski definition) is 0. The first kappa shape index (κ1) is 13.2. The van der Waals surface area contributed by atoms with Gasteiger partial charge in [0.05, 0.1) is 4.92 Å². The van der Waals surface area contributed by atoms with E-state index in [1.165, 1.54) is 11.6 Å². The predicted molar refractivity (Wildman–Crippen MR) is 70.2 cm³/mol. The van der Waals surface area contributed by atoms with Crippen LogP contribution in [-0.4, -0.2) is 10.3 Å². The van der Waals surface area contributed by atoms with Gasteiger partial charge in [-0.1, -0.05) is 52.2 Å². The molecule has 0 heterocycles. The van der Waals surface area contributed by atoms with E-state index in [-0.39, 0.29) is 10.7 Å². The summed E-state index contributed by atoms with van der Waals surface area (Å²) in [4.78, 5) is 10.2. The van der Waals surface area contributed by atoms with Crippen molar-refractivity contribution in [2.75, 3.05) is 5.33 Å². The molecular formula is C11H11BrClNO2. The molecule has 3 nitrogen and oxygen atoms in total. The van der Waals surface area contributed by atoms with Crippen LogP contribution >= 0.6 is 27.5 Å². The van der Waals surface area contributed by atoms with E-state index < -0.39 is 4.92 Å². The predicted octanol–water partition coefficient (Wildman–Crippen LogP) is 4.44. The smallest absolute Gasteiger partial charge is 0.258 e. The van der Waals surface area contributed by atoms with Gasteiger partial charge < -0.3 is 0 Å². The number of benzene rings is 1. The van der Waals surface area contributed by atoms with Crippen molar-refractivity contribution in [1.82, 2.24) is 0 Å². The number of nitrogens with zero attached hydrogens (tertiary/aromatic N) is 1. The van der Waals surface area contributed by atoms with Gasteiger partial charge in [-0.25, -0.2) is 0 Å². The third kappa shape index (κ3) is 3.32. The van der Waals surface area contributed by atoms with E-state index in [1.54, 1.807) is 12.1 Å². The van der Waals surface area contributed by atoms with E-state index >= 15 is 0 Å². The molecule has 0 bridgehead atoms. The van der Waals surface area contributed by atoms with Crippen molar-refractivity contribution >= 4 is 39.3 Å². The van der Waals surface area contributed by atoms with Crippen LogP contribution in [0.3, 0.4) is 0 Å². The van der Waals surface area contributed by atoms with Gasteiger partial charge in [0.15, 0.2) is 0 Å². The van der Waals surface area contributed by atoms with Crippen molar-refractivity contribution in [2.24, 2.45) is 0 Å². The summed E-state index contributed by atoms with van der Waals surface area (Å²) in [6, 6.07) is 4.81. The molecule has 0 unspecified atom stereocenters. The average Bonchev–Trinajstić information content (AvgIpc) is 2.27. The molecule has 0 aliphatic heterocycles. The molecule has 0 aliphatic carbocycles. The van der Waals surface area contributed by atoms with Crippen LogP contribution in [0.5, 0.6) is 0 Å². The molecule has 0 N–H and O–H groups in total. The van der Waals surface area contributed by atoms with Crippen molar-refractivity contribution in [3.05, 3.63) is 44.5 Å². The Labute approximate surface area is 107 Å². The summed E-state index contributed by atoms with van der Waals surface area (Å²) in [5, 5.41) is 11.6. The van der Waals surface area contributed by atoms with Crippen molar-refractivity contribution in [2.45, 2.75) is 13.3 Å². The third-order valence-corrected chi connectivity index (χ3v) is 3.20. The van der Waals surface area contributed by atoms with Crippen LogP contribution in [0.25, 0.3) is 6.08 Å². The first-order valence-corrected chi connectivity index (χ1v) is 6.27. The minimum absolute atomic E-state index is 0.0551. The van der Waals surface area contributed by atoms with E-state index in [2.05, 4.69) is 15.9 Å². The van der Waals surface area contributed by atoms with Gasteiger partial charge in [-0.15, -0.1) is 0 Å². The van der Waals surface area contributed by atoms with Crippen LogP contribution in [-0.2, 0) is 0 Å². The Bertz CT molecular complexity index is 426. The van der Waals surface area contributed by atoms with Crippen LogP contribution in [0.15, 0.2) is 23.8 Å². The molecule has 0 fully saturated rings. The summed E-state index contributed by atoms with van der Waals surface area (Å²) in [5.41, 5.74) is 1.92. The lowest BCUT2D eigenvalue weighted by Gasteiger charge is -2.01. The lowest BCUT2D eigenvalue weighted by atomic mass is 10.1. The molecule has 5 heteroatoms. The van der Waals surface area contributed by atoms with E-state index in [1.807, 2.05) is 13.0 Å². The number of nitro benzene ring substituents is 1. The summed E-state index contributed by atoms with van der Waals surface area (Å²) in [6.45, 7) is 2.04. The van der Waals surface area contributed by atoms with Gasteiger partial charge in [0, 0.05) is 11.4 Å². The van der Waals surface area contributed by atoms with Crippen LogP contribution < -0.4 is 0 Å². The molecule has 0 aliphatic rings. The van der Waals surface area contributed by atoms with Gasteiger partial charge in [0.25, 0.3) is 5.69 Å². The van der Waals surface area contributed by atoms with Gasteiger partial charge in [0.1, 0.15) is 5.02 Å². The van der Waals surface area contributed by atoms with Crippen molar-refractivity contribution in [1.29, 1.82) is 0 Å². The standard InChI is InChI=1S/C11H11BrClNO2/c1-2-8(7-12)5-9-3-4-10(13)11(6-9)14(15)16/h3-6H,2,7H2,1H3. The summed E-state index contributed by atoms with van der Waals surface area (Å²) in [6.07, 6.45) is 2.83. The number of rotatable bonds is 4. The zero-order valence-corrected chi connectivity index (χ0v) is 11.1. The highest BCUT2D eigenvalue weighted by Crippen LogP contribution is 2.26. The lowest BCUT2D eigenvalue weighted by molar-refractivity contribution is -0.384. The second-order valence-corrected chi connectivity index (χ2v) is 4.23. The summed E-state index contributed by atoms with van der Waals surface area (Å²) in [5.74, 6) is 0. The molecule has 0 radical (unpaired) electrons. The van der Waals surface area contributed by atoms with Crippen molar-refractivity contribution < 1.29 is 4.92 Å². The molecule has 1 aromatic rings. The van der Waals surface area contributed by atoms with E-state index in [4.69, 9.17) is 11.6 Å². The fraction of sp³-hybridized carbons (Fsp3) is 0.273. The maximum Gasteiger partial charge on any atom is 0.288 e. The molecule has 1 rings (SSSR count). The number of alkyl halides is 1. The van der Waals surface area contributed by atoms with Crippen molar-refractivity contribution in [3.63, 3.8) is 0 Å². The molecular weight excluding hydrogens is 293 g/mol. The molecule has 0 spiro atoms. The van der Waals surface area contributed by atoms with Gasteiger partial charge in [-0.3, -0.25) is 10.1 Å². The highest BCUT2D eigenvalue weighted by Gasteiger charge is 2.11. The third-order valence-electron chi connectivity index (χ3n) is 2.16.